The van der Waals surface area contributed by atoms with Crippen molar-refractivity contribution in [2.45, 2.75) is 19.8 Å². The number of halogens is 1. The number of aromatic nitrogens is 1. The van der Waals surface area contributed by atoms with Gasteiger partial charge in [-0.15, -0.1) is 0 Å². The van der Waals surface area contributed by atoms with Crippen molar-refractivity contribution < 1.29 is 19.1 Å². The number of carbonyl (C=O) groups excluding carboxylic acids is 3. The zero-order valence-corrected chi connectivity index (χ0v) is 15.7. The molecule has 1 saturated heterocycles. The van der Waals surface area contributed by atoms with E-state index in [9.17, 15) is 14.4 Å². The molecule has 7 nitrogen and oxygen atoms in total. The largest absolute Gasteiger partial charge is 0.452 e. The van der Waals surface area contributed by atoms with E-state index in [0.29, 0.717) is 42.2 Å². The third-order valence-corrected chi connectivity index (χ3v) is 5.00. The number of hydrogen-bond acceptors (Lipinski definition) is 5. The van der Waals surface area contributed by atoms with Gasteiger partial charge in [-0.1, -0.05) is 11.6 Å². The summed E-state index contributed by atoms with van der Waals surface area (Å²) in [5.41, 5.74) is 6.83. The van der Waals surface area contributed by atoms with Crippen LogP contribution in [-0.4, -0.2) is 47.4 Å². The van der Waals surface area contributed by atoms with Crippen LogP contribution in [0.5, 0.6) is 0 Å². The monoisotopic (exact) mass is 389 g/mol. The van der Waals surface area contributed by atoms with E-state index in [4.69, 9.17) is 22.1 Å². The van der Waals surface area contributed by atoms with Gasteiger partial charge in [0.1, 0.15) is 0 Å². The van der Waals surface area contributed by atoms with Crippen LogP contribution >= 0.6 is 11.6 Å². The van der Waals surface area contributed by atoms with E-state index in [1.54, 1.807) is 36.1 Å². The Kier molecular flexibility index (Phi) is 5.60. The highest BCUT2D eigenvalue weighted by molar-refractivity contribution is 6.31. The van der Waals surface area contributed by atoms with Gasteiger partial charge in [0.2, 0.25) is 5.91 Å². The highest BCUT2D eigenvalue weighted by Gasteiger charge is 2.26. The lowest BCUT2D eigenvalue weighted by Crippen LogP contribution is -2.43. The molecule has 2 heterocycles. The number of aryl methyl sites for hydroxylation is 1. The van der Waals surface area contributed by atoms with Crippen molar-refractivity contribution in [2.75, 3.05) is 19.7 Å². The predicted octanol–water partition coefficient (Wildman–Crippen LogP) is 2.08. The van der Waals surface area contributed by atoms with Gasteiger partial charge in [0, 0.05) is 29.4 Å². The number of nitrogens with two attached hydrogens (primary N) is 1. The minimum absolute atomic E-state index is 0.199. The molecule has 3 rings (SSSR count). The van der Waals surface area contributed by atoms with Crippen molar-refractivity contribution in [3.63, 3.8) is 0 Å². The molecular weight excluding hydrogens is 370 g/mol. The number of rotatable bonds is 4. The standard InChI is InChI=1S/C19H20ClN3O4/c1-11-15(9-13-8-14(20)2-3-16(13)22-11)19(26)27-10-17(24)23-6-4-12(5-7-23)18(21)25/h2-3,8-9,12H,4-7,10H2,1H3,(H2,21,25). The Morgan fingerprint density at radius 1 is 1.26 bits per heavy atom. The SMILES string of the molecule is Cc1nc2ccc(Cl)cc2cc1C(=O)OCC(=O)N1CCC(C(N)=O)CC1. The van der Waals surface area contributed by atoms with Gasteiger partial charge in [0.15, 0.2) is 6.61 Å². The van der Waals surface area contributed by atoms with E-state index < -0.39 is 5.97 Å². The lowest BCUT2D eigenvalue weighted by atomic mass is 9.96. The number of fused-ring (bicyclic) bond motifs is 1. The van der Waals surface area contributed by atoms with Crippen LogP contribution in [0.2, 0.25) is 5.02 Å². The number of carbonyl (C=O) groups is 3. The Labute approximate surface area is 161 Å². The molecule has 2 amide bonds. The fraction of sp³-hybridized carbons (Fsp3) is 0.368. The molecule has 8 heteroatoms. The van der Waals surface area contributed by atoms with Crippen molar-refractivity contribution in [1.82, 2.24) is 9.88 Å². The Bertz CT molecular complexity index is 907. The minimum atomic E-state index is -0.609. The maximum absolute atomic E-state index is 12.4. The number of piperidine rings is 1. The third kappa shape index (κ3) is 4.36. The Balaban J connectivity index is 1.62. The maximum atomic E-state index is 12.4. The second-order valence-electron chi connectivity index (χ2n) is 6.59. The smallest absolute Gasteiger partial charge is 0.340 e. The van der Waals surface area contributed by atoms with Gasteiger partial charge in [-0.2, -0.15) is 0 Å². The quantitative estimate of drug-likeness (QED) is 0.806. The number of esters is 1. The van der Waals surface area contributed by atoms with Crippen LogP contribution in [0.3, 0.4) is 0 Å². The molecule has 0 spiro atoms. The normalized spacial score (nSPS) is 15.0. The zero-order valence-electron chi connectivity index (χ0n) is 14.9. The van der Waals surface area contributed by atoms with E-state index in [0.717, 1.165) is 10.9 Å². The van der Waals surface area contributed by atoms with Crippen LogP contribution in [0.4, 0.5) is 0 Å². The van der Waals surface area contributed by atoms with Gasteiger partial charge in [-0.05, 0) is 44.0 Å². The van der Waals surface area contributed by atoms with Gasteiger partial charge in [0.05, 0.1) is 16.8 Å². The molecule has 1 aromatic carbocycles. The van der Waals surface area contributed by atoms with E-state index >= 15 is 0 Å². The summed E-state index contributed by atoms with van der Waals surface area (Å²) in [6, 6.07) is 6.89. The number of likely N-dealkylation sites (tertiary alicyclic amines) is 1. The maximum Gasteiger partial charge on any atom is 0.340 e. The Morgan fingerprint density at radius 2 is 1.96 bits per heavy atom. The van der Waals surface area contributed by atoms with E-state index in [1.807, 2.05) is 0 Å². The molecule has 0 saturated carbocycles. The fourth-order valence-electron chi connectivity index (χ4n) is 3.16. The molecule has 1 fully saturated rings. The highest BCUT2D eigenvalue weighted by atomic mass is 35.5. The Hall–Kier alpha value is -2.67. The lowest BCUT2D eigenvalue weighted by Gasteiger charge is -2.30. The summed E-state index contributed by atoms with van der Waals surface area (Å²) in [4.78, 5) is 41.8. The van der Waals surface area contributed by atoms with Gasteiger partial charge < -0.3 is 15.4 Å². The average molecular weight is 390 g/mol. The van der Waals surface area contributed by atoms with Crippen LogP contribution in [0.1, 0.15) is 28.9 Å². The highest BCUT2D eigenvalue weighted by Crippen LogP contribution is 2.21. The van der Waals surface area contributed by atoms with E-state index in [2.05, 4.69) is 4.98 Å². The number of benzene rings is 1. The first-order chi connectivity index (χ1) is 12.8. The zero-order chi connectivity index (χ0) is 19.6. The molecule has 0 aliphatic carbocycles. The third-order valence-electron chi connectivity index (χ3n) is 4.76. The number of hydrogen-bond donors (Lipinski definition) is 1. The summed E-state index contributed by atoms with van der Waals surface area (Å²) in [5, 5.41) is 1.27. The van der Waals surface area contributed by atoms with Crippen molar-refractivity contribution in [3.8, 4) is 0 Å². The van der Waals surface area contributed by atoms with Crippen molar-refractivity contribution in [2.24, 2.45) is 11.7 Å². The van der Waals surface area contributed by atoms with Crippen molar-refractivity contribution >= 4 is 40.3 Å². The van der Waals surface area contributed by atoms with Gasteiger partial charge in [-0.3, -0.25) is 14.6 Å². The summed E-state index contributed by atoms with van der Waals surface area (Å²) >= 11 is 5.99. The molecular formula is C19H20ClN3O4. The second kappa shape index (κ2) is 7.92. The Morgan fingerprint density at radius 3 is 2.63 bits per heavy atom. The van der Waals surface area contributed by atoms with Gasteiger partial charge in [-0.25, -0.2) is 4.79 Å². The molecule has 1 aromatic heterocycles. The first-order valence-corrected chi connectivity index (χ1v) is 9.04. The van der Waals surface area contributed by atoms with E-state index in [-0.39, 0.29) is 24.3 Å². The molecule has 0 atom stereocenters. The summed E-state index contributed by atoms with van der Waals surface area (Å²) in [6.07, 6.45) is 1.06. The molecule has 1 aliphatic heterocycles. The average Bonchev–Trinajstić information content (AvgIpc) is 2.65. The van der Waals surface area contributed by atoms with Crippen LogP contribution in [0, 0.1) is 12.8 Å². The minimum Gasteiger partial charge on any atom is -0.452 e. The molecule has 1 aliphatic rings. The first-order valence-electron chi connectivity index (χ1n) is 8.66. The summed E-state index contributed by atoms with van der Waals surface area (Å²) in [6.45, 7) is 2.21. The number of amides is 2. The first kappa shape index (κ1) is 19.1. The molecule has 0 bridgehead atoms. The van der Waals surface area contributed by atoms with Crippen LogP contribution < -0.4 is 5.73 Å². The number of primary amides is 1. The predicted molar refractivity (Wildman–Crippen MR) is 100 cm³/mol. The summed E-state index contributed by atoms with van der Waals surface area (Å²) in [7, 11) is 0. The molecule has 0 unspecified atom stereocenters. The molecule has 0 radical (unpaired) electrons. The topological polar surface area (TPSA) is 103 Å². The van der Waals surface area contributed by atoms with Crippen LogP contribution in [0.15, 0.2) is 24.3 Å². The van der Waals surface area contributed by atoms with Gasteiger partial charge >= 0.3 is 5.97 Å². The molecule has 2 N–H and O–H groups in total. The number of nitrogens with zero attached hydrogens (tertiary/aromatic N) is 2. The molecule has 2 aromatic rings. The second-order valence-corrected chi connectivity index (χ2v) is 7.03. The summed E-state index contributed by atoms with van der Waals surface area (Å²) < 4.78 is 5.18. The van der Waals surface area contributed by atoms with E-state index in [1.165, 1.54) is 0 Å². The van der Waals surface area contributed by atoms with Crippen LogP contribution in [0.25, 0.3) is 10.9 Å². The molecule has 142 valence electrons. The lowest BCUT2D eigenvalue weighted by molar-refractivity contribution is -0.137. The summed E-state index contributed by atoms with van der Waals surface area (Å²) in [5.74, 6) is -1.44. The van der Waals surface area contributed by atoms with Crippen molar-refractivity contribution in [1.29, 1.82) is 0 Å². The van der Waals surface area contributed by atoms with Crippen molar-refractivity contribution in [3.05, 3.63) is 40.5 Å². The molecule has 27 heavy (non-hydrogen) atoms. The van der Waals surface area contributed by atoms with Gasteiger partial charge in [0.25, 0.3) is 5.91 Å². The number of pyridine rings is 1. The fourth-order valence-corrected chi connectivity index (χ4v) is 3.34. The number of ether oxygens (including phenoxy) is 1. The van der Waals surface area contributed by atoms with Crippen LogP contribution in [-0.2, 0) is 14.3 Å².